The summed E-state index contributed by atoms with van der Waals surface area (Å²) in [5.41, 5.74) is -0.135. The van der Waals surface area contributed by atoms with Gasteiger partial charge in [0.05, 0.1) is 11.8 Å². The van der Waals surface area contributed by atoms with E-state index >= 15 is 0 Å². The van der Waals surface area contributed by atoms with Gasteiger partial charge in [-0.3, -0.25) is 5.10 Å². The molecule has 0 bridgehead atoms. The SMILES string of the molecule is CCC(CC)c1n[nH]c(=S)n1/N=C\c1ccc(C(F)(F)F)cc1. The van der Waals surface area contributed by atoms with Crippen molar-refractivity contribution in [3.05, 3.63) is 46.0 Å². The number of nitrogens with one attached hydrogen (secondary N) is 1. The molecule has 1 aromatic heterocycles. The van der Waals surface area contributed by atoms with Crippen LogP contribution in [0.2, 0.25) is 0 Å². The molecule has 2 aromatic rings. The van der Waals surface area contributed by atoms with E-state index in [1.807, 2.05) is 0 Å². The highest BCUT2D eigenvalue weighted by Crippen LogP contribution is 2.29. The lowest BCUT2D eigenvalue weighted by atomic mass is 10.0. The van der Waals surface area contributed by atoms with Gasteiger partial charge in [-0.05, 0) is 42.8 Å². The smallest absolute Gasteiger partial charge is 0.250 e. The second kappa shape index (κ2) is 7.08. The minimum atomic E-state index is -4.34. The molecule has 0 atom stereocenters. The number of aromatic nitrogens is 3. The van der Waals surface area contributed by atoms with Crippen molar-refractivity contribution < 1.29 is 13.2 Å². The van der Waals surface area contributed by atoms with Gasteiger partial charge < -0.3 is 0 Å². The molecule has 124 valence electrons. The Balaban J connectivity index is 2.27. The van der Waals surface area contributed by atoms with Gasteiger partial charge in [-0.2, -0.15) is 28.0 Å². The zero-order valence-corrected chi connectivity index (χ0v) is 13.6. The monoisotopic (exact) mass is 342 g/mol. The molecule has 0 aliphatic heterocycles. The van der Waals surface area contributed by atoms with Gasteiger partial charge in [0.15, 0.2) is 5.82 Å². The minimum Gasteiger partial charge on any atom is -0.250 e. The molecular formula is C15H17F3N4S. The van der Waals surface area contributed by atoms with Crippen LogP contribution in [0.5, 0.6) is 0 Å². The Labute approximate surface area is 137 Å². The van der Waals surface area contributed by atoms with Gasteiger partial charge in [0.25, 0.3) is 0 Å². The van der Waals surface area contributed by atoms with E-state index in [4.69, 9.17) is 12.2 Å². The standard InChI is InChI=1S/C15H17F3N4S/c1-3-11(4-2)13-20-21-14(23)22(13)19-9-10-5-7-12(8-6-10)15(16,17)18/h5-9,11H,3-4H2,1-2H3,(H,21,23)/b19-9-. The second-order valence-electron chi connectivity index (χ2n) is 5.08. The van der Waals surface area contributed by atoms with E-state index < -0.39 is 11.7 Å². The molecule has 1 aromatic carbocycles. The fourth-order valence-electron chi connectivity index (χ4n) is 2.22. The lowest BCUT2D eigenvalue weighted by Crippen LogP contribution is -2.06. The minimum absolute atomic E-state index is 0.215. The molecule has 1 N–H and O–H groups in total. The largest absolute Gasteiger partial charge is 0.416 e. The first kappa shape index (κ1) is 17.4. The van der Waals surface area contributed by atoms with Crippen LogP contribution in [0.4, 0.5) is 13.2 Å². The topological polar surface area (TPSA) is 46.0 Å². The van der Waals surface area contributed by atoms with E-state index in [9.17, 15) is 13.2 Å². The van der Waals surface area contributed by atoms with Crippen LogP contribution in [0.3, 0.4) is 0 Å². The van der Waals surface area contributed by atoms with Gasteiger partial charge in [-0.25, -0.2) is 0 Å². The predicted molar refractivity (Wildman–Crippen MR) is 85.2 cm³/mol. The van der Waals surface area contributed by atoms with Crippen LogP contribution < -0.4 is 0 Å². The van der Waals surface area contributed by atoms with Crippen molar-refractivity contribution in [1.29, 1.82) is 0 Å². The quantitative estimate of drug-likeness (QED) is 0.630. The number of hydrogen-bond donors (Lipinski definition) is 1. The molecule has 0 saturated carbocycles. The first-order valence-corrected chi connectivity index (χ1v) is 7.66. The number of hydrogen-bond acceptors (Lipinski definition) is 3. The summed E-state index contributed by atoms with van der Waals surface area (Å²) in [7, 11) is 0. The average molecular weight is 342 g/mol. The molecule has 23 heavy (non-hydrogen) atoms. The molecule has 0 amide bonds. The number of benzene rings is 1. The Bertz CT molecular complexity index is 724. The van der Waals surface area contributed by atoms with Crippen LogP contribution in [-0.2, 0) is 6.18 Å². The number of H-pyrrole nitrogens is 1. The zero-order chi connectivity index (χ0) is 17.0. The van der Waals surface area contributed by atoms with Crippen molar-refractivity contribution in [3.8, 4) is 0 Å². The molecule has 0 unspecified atom stereocenters. The second-order valence-corrected chi connectivity index (χ2v) is 5.46. The number of halogens is 3. The van der Waals surface area contributed by atoms with Crippen LogP contribution >= 0.6 is 12.2 Å². The zero-order valence-electron chi connectivity index (χ0n) is 12.8. The maximum Gasteiger partial charge on any atom is 0.416 e. The molecule has 8 heteroatoms. The molecule has 0 saturated heterocycles. The normalized spacial score (nSPS) is 12.4. The lowest BCUT2D eigenvalue weighted by molar-refractivity contribution is -0.137. The average Bonchev–Trinajstić information content (AvgIpc) is 2.87. The third-order valence-electron chi connectivity index (χ3n) is 3.59. The van der Waals surface area contributed by atoms with E-state index in [0.29, 0.717) is 10.3 Å². The number of rotatable bonds is 5. The highest BCUT2D eigenvalue weighted by atomic mass is 32.1. The molecule has 1 heterocycles. The molecule has 0 aliphatic rings. The fraction of sp³-hybridized carbons (Fsp3) is 0.400. The van der Waals surface area contributed by atoms with Crippen LogP contribution in [0.15, 0.2) is 29.4 Å². The predicted octanol–water partition coefficient (Wildman–Crippen LogP) is 4.75. The van der Waals surface area contributed by atoms with Crippen LogP contribution in [0.1, 0.15) is 49.6 Å². The first-order valence-electron chi connectivity index (χ1n) is 7.25. The van der Waals surface area contributed by atoms with Gasteiger partial charge in [0.2, 0.25) is 4.77 Å². The maximum atomic E-state index is 12.5. The Kier molecular flexibility index (Phi) is 5.35. The molecular weight excluding hydrogens is 325 g/mol. The number of nitrogens with zero attached hydrogens (tertiary/aromatic N) is 3. The molecule has 4 nitrogen and oxygen atoms in total. The molecule has 0 fully saturated rings. The van der Waals surface area contributed by atoms with E-state index in [-0.39, 0.29) is 5.92 Å². The van der Waals surface area contributed by atoms with Crippen LogP contribution in [0.25, 0.3) is 0 Å². The Morgan fingerprint density at radius 2 is 1.87 bits per heavy atom. The summed E-state index contributed by atoms with van der Waals surface area (Å²) < 4.78 is 39.5. The Morgan fingerprint density at radius 3 is 2.39 bits per heavy atom. The van der Waals surface area contributed by atoms with Gasteiger partial charge in [-0.15, -0.1) is 0 Å². The van der Waals surface area contributed by atoms with E-state index in [0.717, 1.165) is 30.8 Å². The lowest BCUT2D eigenvalue weighted by Gasteiger charge is -2.10. The Morgan fingerprint density at radius 1 is 1.26 bits per heavy atom. The number of aromatic amines is 1. The van der Waals surface area contributed by atoms with Crippen molar-refractivity contribution in [3.63, 3.8) is 0 Å². The van der Waals surface area contributed by atoms with Crippen molar-refractivity contribution >= 4 is 18.4 Å². The summed E-state index contributed by atoms with van der Waals surface area (Å²) in [4.78, 5) is 0. The molecule has 0 aliphatic carbocycles. The van der Waals surface area contributed by atoms with E-state index in [1.54, 1.807) is 0 Å². The summed E-state index contributed by atoms with van der Waals surface area (Å²) in [6, 6.07) is 4.79. The summed E-state index contributed by atoms with van der Waals surface area (Å²) in [5, 5.41) is 11.2. The van der Waals surface area contributed by atoms with Gasteiger partial charge in [0, 0.05) is 5.92 Å². The highest BCUT2D eigenvalue weighted by Gasteiger charge is 2.29. The van der Waals surface area contributed by atoms with Crippen LogP contribution in [-0.4, -0.2) is 21.1 Å². The van der Waals surface area contributed by atoms with E-state index in [1.165, 1.54) is 23.0 Å². The summed E-state index contributed by atoms with van der Waals surface area (Å²) >= 11 is 5.16. The van der Waals surface area contributed by atoms with Crippen molar-refractivity contribution in [2.45, 2.75) is 38.8 Å². The molecule has 0 radical (unpaired) electrons. The first-order chi connectivity index (χ1) is 10.9. The van der Waals surface area contributed by atoms with Gasteiger partial charge >= 0.3 is 6.18 Å². The third kappa shape index (κ3) is 4.07. The maximum absolute atomic E-state index is 12.5. The highest BCUT2D eigenvalue weighted by molar-refractivity contribution is 7.71. The molecule has 0 spiro atoms. The fourth-order valence-corrected chi connectivity index (χ4v) is 2.40. The Hall–Kier alpha value is -1.96. The molecule has 2 rings (SSSR count). The third-order valence-corrected chi connectivity index (χ3v) is 3.85. The summed E-state index contributed by atoms with van der Waals surface area (Å²) in [6.45, 7) is 4.10. The van der Waals surface area contributed by atoms with Gasteiger partial charge in [-0.1, -0.05) is 26.0 Å². The summed E-state index contributed by atoms with van der Waals surface area (Å²) in [6.07, 6.45) is -1.08. The summed E-state index contributed by atoms with van der Waals surface area (Å²) in [5.74, 6) is 0.941. The van der Waals surface area contributed by atoms with Crippen molar-refractivity contribution in [2.75, 3.05) is 0 Å². The van der Waals surface area contributed by atoms with Crippen molar-refractivity contribution in [2.24, 2.45) is 5.10 Å². The van der Waals surface area contributed by atoms with Crippen LogP contribution in [0, 0.1) is 4.77 Å². The van der Waals surface area contributed by atoms with E-state index in [2.05, 4.69) is 29.1 Å². The van der Waals surface area contributed by atoms with Crippen molar-refractivity contribution in [1.82, 2.24) is 14.9 Å². The number of alkyl halides is 3. The van der Waals surface area contributed by atoms with Gasteiger partial charge in [0.1, 0.15) is 0 Å².